The number of benzene rings is 1. The Morgan fingerprint density at radius 1 is 1.12 bits per heavy atom. The second-order valence-electron chi connectivity index (χ2n) is 4.70. The Bertz CT molecular complexity index is 538. The number of thiophene rings is 1. The van der Waals surface area contributed by atoms with Crippen LogP contribution in [0.15, 0.2) is 24.3 Å². The van der Waals surface area contributed by atoms with Gasteiger partial charge in [0.2, 0.25) is 0 Å². The van der Waals surface area contributed by atoms with Gasteiger partial charge in [-0.15, -0.1) is 11.3 Å². The molecular weight excluding hydrogens is 226 g/mol. The highest BCUT2D eigenvalue weighted by molar-refractivity contribution is 7.15. The van der Waals surface area contributed by atoms with Crippen LogP contribution in [0.4, 0.5) is 0 Å². The van der Waals surface area contributed by atoms with Gasteiger partial charge in [0.05, 0.1) is 0 Å². The quantitative estimate of drug-likeness (QED) is 0.836. The average molecular weight is 245 g/mol. The normalized spacial score (nSPS) is 12.8. The maximum absolute atomic E-state index is 5.95. The summed E-state index contributed by atoms with van der Waals surface area (Å²) < 4.78 is 0. The largest absolute Gasteiger partial charge is 0.324 e. The summed E-state index contributed by atoms with van der Waals surface area (Å²) in [6, 6.07) is 8.83. The Hall–Kier alpha value is -1.12. The minimum atomic E-state index is 0.123. The summed E-state index contributed by atoms with van der Waals surface area (Å²) in [5, 5.41) is 0. The molecule has 0 aliphatic rings. The van der Waals surface area contributed by atoms with E-state index in [0.29, 0.717) is 0 Å². The second-order valence-corrected chi connectivity index (χ2v) is 5.78. The van der Waals surface area contributed by atoms with Crippen LogP contribution >= 0.6 is 11.3 Å². The zero-order valence-electron chi connectivity index (χ0n) is 10.9. The van der Waals surface area contributed by atoms with Crippen molar-refractivity contribution in [1.82, 2.24) is 0 Å². The highest BCUT2D eigenvalue weighted by atomic mass is 32.1. The summed E-state index contributed by atoms with van der Waals surface area (Å²) in [6.45, 7) is 8.56. The molecule has 1 aromatic heterocycles. The van der Waals surface area contributed by atoms with E-state index >= 15 is 0 Å². The molecule has 17 heavy (non-hydrogen) atoms. The molecule has 2 aromatic rings. The van der Waals surface area contributed by atoms with E-state index in [-0.39, 0.29) is 6.04 Å². The molecule has 0 aliphatic heterocycles. The Morgan fingerprint density at radius 2 is 1.82 bits per heavy atom. The molecule has 1 nitrogen and oxygen atoms in total. The van der Waals surface area contributed by atoms with Crippen LogP contribution in [0.3, 0.4) is 0 Å². The smallest absolute Gasteiger partial charge is 0.0378 e. The fourth-order valence-corrected chi connectivity index (χ4v) is 3.20. The predicted molar refractivity (Wildman–Crippen MR) is 76.6 cm³/mol. The van der Waals surface area contributed by atoms with Crippen molar-refractivity contribution in [2.45, 2.75) is 33.7 Å². The van der Waals surface area contributed by atoms with Crippen molar-refractivity contribution in [2.75, 3.05) is 0 Å². The standard InChI is InChI=1S/C15H19NS/c1-9-6-5-7-13(11(9)3)15-10(2)8-14(17-15)12(4)16/h5-8,12H,16H2,1-4H3. The van der Waals surface area contributed by atoms with Crippen LogP contribution in [0.2, 0.25) is 0 Å². The number of hydrogen-bond donors (Lipinski definition) is 1. The predicted octanol–water partition coefficient (Wildman–Crippen LogP) is 4.36. The van der Waals surface area contributed by atoms with Crippen molar-refractivity contribution in [3.05, 3.63) is 45.8 Å². The van der Waals surface area contributed by atoms with Crippen LogP contribution in [0.5, 0.6) is 0 Å². The zero-order chi connectivity index (χ0) is 12.6. The Kier molecular flexibility index (Phi) is 3.36. The van der Waals surface area contributed by atoms with Gasteiger partial charge >= 0.3 is 0 Å². The van der Waals surface area contributed by atoms with Gasteiger partial charge in [0, 0.05) is 15.8 Å². The molecular formula is C15H19NS. The minimum absolute atomic E-state index is 0.123. The third-order valence-electron chi connectivity index (χ3n) is 3.23. The lowest BCUT2D eigenvalue weighted by atomic mass is 10.0. The molecule has 1 unspecified atom stereocenters. The first-order valence-electron chi connectivity index (χ1n) is 5.93. The molecule has 2 rings (SSSR count). The molecule has 0 bridgehead atoms. The summed E-state index contributed by atoms with van der Waals surface area (Å²) in [6.07, 6.45) is 0. The van der Waals surface area contributed by atoms with Crippen LogP contribution in [0.25, 0.3) is 10.4 Å². The van der Waals surface area contributed by atoms with E-state index < -0.39 is 0 Å². The molecule has 2 heteroatoms. The summed E-state index contributed by atoms with van der Waals surface area (Å²) in [7, 11) is 0. The van der Waals surface area contributed by atoms with Crippen molar-refractivity contribution < 1.29 is 0 Å². The van der Waals surface area contributed by atoms with Crippen LogP contribution in [-0.2, 0) is 0 Å². The summed E-state index contributed by atoms with van der Waals surface area (Å²) >= 11 is 1.82. The molecule has 0 fully saturated rings. The third-order valence-corrected chi connectivity index (χ3v) is 4.71. The highest BCUT2D eigenvalue weighted by Gasteiger charge is 2.12. The van der Waals surface area contributed by atoms with Gasteiger partial charge in [-0.2, -0.15) is 0 Å². The van der Waals surface area contributed by atoms with Gasteiger partial charge < -0.3 is 5.73 Å². The lowest BCUT2D eigenvalue weighted by Gasteiger charge is -2.07. The van der Waals surface area contributed by atoms with Crippen LogP contribution in [0.1, 0.15) is 34.5 Å². The van der Waals surface area contributed by atoms with Crippen LogP contribution in [0, 0.1) is 20.8 Å². The van der Waals surface area contributed by atoms with Gasteiger partial charge in [-0.05, 0) is 56.0 Å². The molecule has 1 aromatic carbocycles. The monoisotopic (exact) mass is 245 g/mol. The topological polar surface area (TPSA) is 26.0 Å². The van der Waals surface area contributed by atoms with Gasteiger partial charge in [-0.3, -0.25) is 0 Å². The summed E-state index contributed by atoms with van der Waals surface area (Å²) in [5.74, 6) is 0. The van der Waals surface area contributed by atoms with E-state index in [9.17, 15) is 0 Å². The van der Waals surface area contributed by atoms with E-state index in [0.717, 1.165) is 0 Å². The van der Waals surface area contributed by atoms with E-state index in [4.69, 9.17) is 5.73 Å². The molecule has 0 saturated heterocycles. The van der Waals surface area contributed by atoms with Gasteiger partial charge in [0.15, 0.2) is 0 Å². The molecule has 1 atom stereocenters. The van der Waals surface area contributed by atoms with Gasteiger partial charge in [-0.1, -0.05) is 18.2 Å². The highest BCUT2D eigenvalue weighted by Crippen LogP contribution is 2.36. The first-order valence-corrected chi connectivity index (χ1v) is 6.75. The van der Waals surface area contributed by atoms with E-state index in [2.05, 4.69) is 45.0 Å². The number of aryl methyl sites for hydroxylation is 2. The lowest BCUT2D eigenvalue weighted by Crippen LogP contribution is -2.01. The van der Waals surface area contributed by atoms with E-state index in [1.807, 2.05) is 18.3 Å². The molecule has 0 amide bonds. The number of nitrogens with two attached hydrogens (primary N) is 1. The second kappa shape index (κ2) is 4.63. The molecule has 0 radical (unpaired) electrons. The van der Waals surface area contributed by atoms with Crippen LogP contribution in [-0.4, -0.2) is 0 Å². The summed E-state index contributed by atoms with van der Waals surface area (Å²) in [5.41, 5.74) is 11.3. The third kappa shape index (κ3) is 2.28. The Morgan fingerprint density at radius 3 is 2.41 bits per heavy atom. The van der Waals surface area contributed by atoms with Crippen molar-refractivity contribution in [3.63, 3.8) is 0 Å². The molecule has 0 saturated carbocycles. The molecule has 0 spiro atoms. The number of hydrogen-bond acceptors (Lipinski definition) is 2. The van der Waals surface area contributed by atoms with Crippen molar-refractivity contribution in [2.24, 2.45) is 5.73 Å². The maximum atomic E-state index is 5.95. The molecule has 0 aliphatic carbocycles. The van der Waals surface area contributed by atoms with E-state index in [1.54, 1.807) is 0 Å². The maximum Gasteiger partial charge on any atom is 0.0378 e. The zero-order valence-corrected chi connectivity index (χ0v) is 11.7. The van der Waals surface area contributed by atoms with Crippen LogP contribution < -0.4 is 5.73 Å². The first kappa shape index (κ1) is 12.3. The minimum Gasteiger partial charge on any atom is -0.324 e. The van der Waals surface area contributed by atoms with Gasteiger partial charge in [-0.25, -0.2) is 0 Å². The fourth-order valence-electron chi connectivity index (χ4n) is 2.00. The van der Waals surface area contributed by atoms with Gasteiger partial charge in [0.1, 0.15) is 0 Å². The van der Waals surface area contributed by atoms with E-state index in [1.165, 1.54) is 32.0 Å². The van der Waals surface area contributed by atoms with Crippen molar-refractivity contribution in [1.29, 1.82) is 0 Å². The lowest BCUT2D eigenvalue weighted by molar-refractivity contribution is 0.838. The Labute approximate surface area is 107 Å². The SMILES string of the molecule is Cc1cc(C(C)N)sc1-c1cccc(C)c1C. The first-order chi connectivity index (χ1) is 8.00. The number of rotatable bonds is 2. The summed E-state index contributed by atoms with van der Waals surface area (Å²) in [4.78, 5) is 2.62. The van der Waals surface area contributed by atoms with Crippen molar-refractivity contribution in [3.8, 4) is 10.4 Å². The molecule has 1 heterocycles. The molecule has 2 N–H and O–H groups in total. The molecule has 90 valence electrons. The Balaban J connectivity index is 2.57. The van der Waals surface area contributed by atoms with Gasteiger partial charge in [0.25, 0.3) is 0 Å². The van der Waals surface area contributed by atoms with Crippen molar-refractivity contribution >= 4 is 11.3 Å². The average Bonchev–Trinajstić information content (AvgIpc) is 2.65. The fraction of sp³-hybridized carbons (Fsp3) is 0.333.